The topological polar surface area (TPSA) is 121 Å². The summed E-state index contributed by atoms with van der Waals surface area (Å²) in [5, 5.41) is 10.0. The summed E-state index contributed by atoms with van der Waals surface area (Å²) in [6, 6.07) is 11.2. The summed E-state index contributed by atoms with van der Waals surface area (Å²) >= 11 is 0. The molecule has 2 aliphatic rings. The van der Waals surface area contributed by atoms with Gasteiger partial charge in [-0.25, -0.2) is 9.67 Å². The van der Waals surface area contributed by atoms with Crippen molar-refractivity contribution in [2.45, 2.75) is 25.1 Å². The van der Waals surface area contributed by atoms with Gasteiger partial charge in [-0.3, -0.25) is 14.5 Å². The van der Waals surface area contributed by atoms with Gasteiger partial charge in [-0.2, -0.15) is 18.3 Å². The van der Waals surface area contributed by atoms with Crippen molar-refractivity contribution in [3.05, 3.63) is 65.7 Å². The molecule has 2 aliphatic heterocycles. The van der Waals surface area contributed by atoms with Crippen LogP contribution in [-0.2, 0) is 6.18 Å². The third-order valence-electron chi connectivity index (χ3n) is 7.09. The van der Waals surface area contributed by atoms with Crippen LogP contribution in [-0.4, -0.2) is 76.8 Å². The summed E-state index contributed by atoms with van der Waals surface area (Å²) in [5.41, 5.74) is 5.20. The lowest BCUT2D eigenvalue weighted by atomic mass is 10.0. The van der Waals surface area contributed by atoms with E-state index < -0.39 is 29.4 Å². The van der Waals surface area contributed by atoms with Gasteiger partial charge in [0.2, 0.25) is 0 Å². The second-order valence-electron chi connectivity index (χ2n) is 9.58. The average Bonchev–Trinajstić information content (AvgIpc) is 3.37. The number of anilines is 2. The van der Waals surface area contributed by atoms with E-state index in [4.69, 9.17) is 5.73 Å². The first-order valence-corrected chi connectivity index (χ1v) is 12.7. The van der Waals surface area contributed by atoms with Gasteiger partial charge in [0, 0.05) is 37.9 Å². The molecule has 13 heteroatoms. The van der Waals surface area contributed by atoms with Gasteiger partial charge in [0.05, 0.1) is 17.6 Å². The molecule has 206 valence electrons. The van der Waals surface area contributed by atoms with Gasteiger partial charge in [-0.1, -0.05) is 6.07 Å². The molecule has 2 aromatic heterocycles. The molecular weight excluding hydrogens is 513 g/mol. The number of nitrogens with zero attached hydrogens (tertiary/aromatic N) is 5. The van der Waals surface area contributed by atoms with E-state index in [0.29, 0.717) is 11.7 Å². The Kier molecular flexibility index (Phi) is 7.53. The maximum Gasteiger partial charge on any atom is 0.433 e. The van der Waals surface area contributed by atoms with Crippen molar-refractivity contribution in [3.63, 3.8) is 0 Å². The van der Waals surface area contributed by atoms with Crippen LogP contribution >= 0.6 is 0 Å². The maximum atomic E-state index is 13.0. The zero-order valence-electron chi connectivity index (χ0n) is 21.1. The van der Waals surface area contributed by atoms with E-state index in [0.717, 1.165) is 63.2 Å². The molecule has 5 rings (SSSR count). The van der Waals surface area contributed by atoms with Crippen molar-refractivity contribution >= 4 is 23.2 Å². The molecule has 0 atom stereocenters. The molecule has 4 N–H and O–H groups in total. The SMILES string of the molecule is NC(=O)c1nn(-c2ccc(N3CCN(C4CCNCC4)CC3)cc2)cc1NC(=O)c1cccc(C(F)(F)F)n1. The fraction of sp³-hybridized carbons (Fsp3) is 0.385. The molecule has 4 heterocycles. The maximum absolute atomic E-state index is 13.0. The molecule has 2 fully saturated rings. The van der Waals surface area contributed by atoms with E-state index in [1.54, 1.807) is 0 Å². The molecule has 0 spiro atoms. The Hall–Kier alpha value is -3.97. The van der Waals surface area contributed by atoms with Crippen LogP contribution in [0.25, 0.3) is 5.69 Å². The largest absolute Gasteiger partial charge is 0.433 e. The number of alkyl halides is 3. The fourth-order valence-corrected chi connectivity index (χ4v) is 5.02. The predicted octanol–water partition coefficient (Wildman–Crippen LogP) is 2.51. The third-order valence-corrected chi connectivity index (χ3v) is 7.09. The molecule has 0 aliphatic carbocycles. The van der Waals surface area contributed by atoms with E-state index in [9.17, 15) is 22.8 Å². The number of piperazine rings is 1. The monoisotopic (exact) mass is 542 g/mol. The number of benzene rings is 1. The smallest absolute Gasteiger partial charge is 0.369 e. The number of pyridine rings is 1. The Bertz CT molecular complexity index is 1330. The molecule has 10 nitrogen and oxygen atoms in total. The molecule has 0 radical (unpaired) electrons. The molecule has 39 heavy (non-hydrogen) atoms. The molecule has 1 aromatic carbocycles. The average molecular weight is 543 g/mol. The fourth-order valence-electron chi connectivity index (χ4n) is 5.02. The van der Waals surface area contributed by atoms with Crippen molar-refractivity contribution in [1.29, 1.82) is 0 Å². The van der Waals surface area contributed by atoms with E-state index >= 15 is 0 Å². The van der Waals surface area contributed by atoms with Gasteiger partial charge in [-0.15, -0.1) is 0 Å². The molecule has 0 bridgehead atoms. The first-order valence-electron chi connectivity index (χ1n) is 12.7. The molecule has 0 unspecified atom stereocenters. The van der Waals surface area contributed by atoms with Crippen LogP contribution in [0.2, 0.25) is 0 Å². The Balaban J connectivity index is 1.27. The van der Waals surface area contributed by atoms with E-state index in [1.165, 1.54) is 23.7 Å². The second kappa shape index (κ2) is 11.0. The summed E-state index contributed by atoms with van der Waals surface area (Å²) in [4.78, 5) is 32.9. The summed E-state index contributed by atoms with van der Waals surface area (Å²) in [6.07, 6.45) is -0.944. The molecule has 2 saturated heterocycles. The van der Waals surface area contributed by atoms with Crippen LogP contribution in [0.4, 0.5) is 24.5 Å². The van der Waals surface area contributed by atoms with E-state index in [-0.39, 0.29) is 11.4 Å². The van der Waals surface area contributed by atoms with Crippen LogP contribution < -0.4 is 21.3 Å². The molecule has 0 saturated carbocycles. The van der Waals surface area contributed by atoms with E-state index in [1.807, 2.05) is 24.3 Å². The van der Waals surface area contributed by atoms with Crippen molar-refractivity contribution in [3.8, 4) is 5.69 Å². The lowest BCUT2D eigenvalue weighted by Crippen LogP contribution is -2.52. The number of carbonyl (C=O) groups excluding carboxylic acids is 2. The van der Waals surface area contributed by atoms with Gasteiger partial charge in [-0.05, 0) is 62.3 Å². The zero-order chi connectivity index (χ0) is 27.6. The first kappa shape index (κ1) is 26.6. The minimum atomic E-state index is -4.70. The Morgan fingerprint density at radius 1 is 0.974 bits per heavy atom. The molecule has 2 amide bonds. The van der Waals surface area contributed by atoms with Crippen LogP contribution in [0, 0.1) is 0 Å². The lowest BCUT2D eigenvalue weighted by Gasteiger charge is -2.41. The Morgan fingerprint density at radius 2 is 1.64 bits per heavy atom. The summed E-state index contributed by atoms with van der Waals surface area (Å²) in [7, 11) is 0. The normalized spacial score (nSPS) is 17.3. The number of piperidine rings is 1. The highest BCUT2D eigenvalue weighted by Gasteiger charge is 2.33. The summed E-state index contributed by atoms with van der Waals surface area (Å²) in [6.45, 7) is 6.03. The lowest BCUT2D eigenvalue weighted by molar-refractivity contribution is -0.141. The highest BCUT2D eigenvalue weighted by molar-refractivity contribution is 6.07. The van der Waals surface area contributed by atoms with Crippen molar-refractivity contribution in [2.75, 3.05) is 49.5 Å². The number of hydrogen-bond donors (Lipinski definition) is 3. The number of nitrogens with two attached hydrogens (primary N) is 1. The minimum Gasteiger partial charge on any atom is -0.369 e. The quantitative estimate of drug-likeness (QED) is 0.438. The number of halogens is 3. The Morgan fingerprint density at radius 3 is 2.28 bits per heavy atom. The van der Waals surface area contributed by atoms with Crippen LogP contribution in [0.1, 0.15) is 39.5 Å². The number of carbonyl (C=O) groups is 2. The van der Waals surface area contributed by atoms with Crippen LogP contribution in [0.15, 0.2) is 48.7 Å². The predicted molar refractivity (Wildman–Crippen MR) is 139 cm³/mol. The van der Waals surface area contributed by atoms with Gasteiger partial charge < -0.3 is 21.3 Å². The number of amides is 2. The van der Waals surface area contributed by atoms with Crippen LogP contribution in [0.5, 0.6) is 0 Å². The molecule has 3 aromatic rings. The van der Waals surface area contributed by atoms with Gasteiger partial charge in [0.15, 0.2) is 5.69 Å². The highest BCUT2D eigenvalue weighted by atomic mass is 19.4. The van der Waals surface area contributed by atoms with Gasteiger partial charge in [0.25, 0.3) is 11.8 Å². The zero-order valence-corrected chi connectivity index (χ0v) is 21.1. The number of aromatic nitrogens is 3. The Labute approximate surface area is 223 Å². The van der Waals surface area contributed by atoms with Gasteiger partial charge in [0.1, 0.15) is 11.4 Å². The van der Waals surface area contributed by atoms with Crippen molar-refractivity contribution in [2.24, 2.45) is 5.73 Å². The minimum absolute atomic E-state index is 0.0372. The standard InChI is InChI=1S/C26H29F3N8O2/c27-26(28,29)22-3-1-2-20(32-22)25(39)33-21-16-37(34-23(21)24(30)38)19-6-4-17(5-7-19)35-12-14-36(15-13-35)18-8-10-31-11-9-18/h1-7,16,18,31H,8-15H2,(H2,30,38)(H,33,39). The number of nitrogens with one attached hydrogen (secondary N) is 2. The first-order chi connectivity index (χ1) is 18.7. The molecular formula is C26H29F3N8O2. The third kappa shape index (κ3) is 6.04. The van der Waals surface area contributed by atoms with Crippen LogP contribution in [0.3, 0.4) is 0 Å². The van der Waals surface area contributed by atoms with Crippen molar-refractivity contribution in [1.82, 2.24) is 25.0 Å². The second-order valence-corrected chi connectivity index (χ2v) is 9.58. The number of primary amides is 1. The highest BCUT2D eigenvalue weighted by Crippen LogP contribution is 2.28. The van der Waals surface area contributed by atoms with Crippen molar-refractivity contribution < 1.29 is 22.8 Å². The van der Waals surface area contributed by atoms with E-state index in [2.05, 4.69) is 30.5 Å². The van der Waals surface area contributed by atoms with Gasteiger partial charge >= 0.3 is 6.18 Å². The number of rotatable bonds is 6. The number of hydrogen-bond acceptors (Lipinski definition) is 7. The summed E-state index contributed by atoms with van der Waals surface area (Å²) < 4.78 is 40.3. The summed E-state index contributed by atoms with van der Waals surface area (Å²) in [5.74, 6) is -1.83.